The number of hydrogen-bond donors (Lipinski definition) is 1. The number of carboxylic acid groups (broad SMARTS) is 1. The molecule has 0 aliphatic rings. The maximum Gasteiger partial charge on any atom is 0.303 e. The Balaban J connectivity index is 0.000000331. The zero-order valence-corrected chi connectivity index (χ0v) is 12.0. The predicted octanol–water partition coefficient (Wildman–Crippen LogP) is 4.39. The predicted molar refractivity (Wildman–Crippen MR) is 76.7 cm³/mol. The van der Waals surface area contributed by atoms with Crippen molar-refractivity contribution in [3.8, 4) is 0 Å². The molecule has 0 bridgehead atoms. The van der Waals surface area contributed by atoms with E-state index in [2.05, 4.69) is 44.2 Å². The molecule has 1 aromatic rings. The second-order valence-corrected chi connectivity index (χ2v) is 5.41. The first-order valence-electron chi connectivity index (χ1n) is 6.67. The fraction of sp³-hybridized carbons (Fsp3) is 0.562. The van der Waals surface area contributed by atoms with Crippen molar-refractivity contribution >= 4 is 5.97 Å². The minimum atomic E-state index is -0.696. The minimum absolute atomic E-state index is 0.303. The quantitative estimate of drug-likeness (QED) is 0.841. The normalized spacial score (nSPS) is 10.1. The topological polar surface area (TPSA) is 37.3 Å². The fourth-order valence-corrected chi connectivity index (χ4v) is 1.50. The van der Waals surface area contributed by atoms with Crippen LogP contribution < -0.4 is 0 Å². The Morgan fingerprint density at radius 3 is 1.94 bits per heavy atom. The van der Waals surface area contributed by atoms with E-state index in [1.54, 1.807) is 0 Å². The standard InChI is InChI=1S/C10H14.C6H12O2/c1-9(2)8-10-6-4-3-5-7-10;1-5(2)3-4-6(7)8/h3-7,9H,8H2,1-2H3;5H,3-4H2,1-2H3,(H,7,8). The molecule has 102 valence electrons. The highest BCUT2D eigenvalue weighted by Crippen LogP contribution is 2.06. The smallest absolute Gasteiger partial charge is 0.303 e. The molecule has 0 radical (unpaired) electrons. The summed E-state index contributed by atoms with van der Waals surface area (Å²) in [6, 6.07) is 10.6. The average molecular weight is 250 g/mol. The maximum absolute atomic E-state index is 9.90. The van der Waals surface area contributed by atoms with E-state index in [4.69, 9.17) is 5.11 Å². The summed E-state index contributed by atoms with van der Waals surface area (Å²) >= 11 is 0. The van der Waals surface area contributed by atoms with Crippen molar-refractivity contribution in [2.75, 3.05) is 0 Å². The van der Waals surface area contributed by atoms with Gasteiger partial charge in [0.05, 0.1) is 0 Å². The Kier molecular flexibility index (Phi) is 8.99. The van der Waals surface area contributed by atoms with Crippen LogP contribution in [0.15, 0.2) is 30.3 Å². The third kappa shape index (κ3) is 11.2. The van der Waals surface area contributed by atoms with Crippen molar-refractivity contribution < 1.29 is 9.90 Å². The molecule has 0 heterocycles. The van der Waals surface area contributed by atoms with Crippen LogP contribution in [0.1, 0.15) is 46.1 Å². The van der Waals surface area contributed by atoms with Crippen LogP contribution in [0, 0.1) is 11.8 Å². The lowest BCUT2D eigenvalue weighted by Crippen LogP contribution is -1.97. The molecule has 2 nitrogen and oxygen atoms in total. The number of benzene rings is 1. The van der Waals surface area contributed by atoms with Crippen LogP contribution in [0.4, 0.5) is 0 Å². The van der Waals surface area contributed by atoms with Crippen molar-refractivity contribution in [1.29, 1.82) is 0 Å². The highest BCUT2D eigenvalue weighted by atomic mass is 16.4. The highest BCUT2D eigenvalue weighted by Gasteiger charge is 1.98. The van der Waals surface area contributed by atoms with Crippen LogP contribution >= 0.6 is 0 Å². The first kappa shape index (κ1) is 16.7. The van der Waals surface area contributed by atoms with E-state index >= 15 is 0 Å². The fourth-order valence-electron chi connectivity index (χ4n) is 1.50. The highest BCUT2D eigenvalue weighted by molar-refractivity contribution is 5.66. The van der Waals surface area contributed by atoms with E-state index in [0.717, 1.165) is 12.3 Å². The Morgan fingerprint density at radius 2 is 1.61 bits per heavy atom. The summed E-state index contributed by atoms with van der Waals surface area (Å²) in [6.45, 7) is 8.52. The molecule has 0 spiro atoms. The van der Waals surface area contributed by atoms with Crippen molar-refractivity contribution in [2.24, 2.45) is 11.8 Å². The summed E-state index contributed by atoms with van der Waals surface area (Å²) < 4.78 is 0. The maximum atomic E-state index is 9.90. The SMILES string of the molecule is CC(C)CCC(=O)O.CC(C)Cc1ccccc1. The molecule has 1 rings (SSSR count). The molecule has 0 unspecified atom stereocenters. The monoisotopic (exact) mass is 250 g/mol. The van der Waals surface area contributed by atoms with Gasteiger partial charge in [0.2, 0.25) is 0 Å². The molecule has 0 atom stereocenters. The first-order valence-corrected chi connectivity index (χ1v) is 6.67. The number of hydrogen-bond acceptors (Lipinski definition) is 1. The van der Waals surface area contributed by atoms with Gasteiger partial charge in [0, 0.05) is 6.42 Å². The largest absolute Gasteiger partial charge is 0.481 e. The molecule has 2 heteroatoms. The van der Waals surface area contributed by atoms with Crippen LogP contribution in [0.5, 0.6) is 0 Å². The van der Waals surface area contributed by atoms with Crippen molar-refractivity contribution in [3.63, 3.8) is 0 Å². The Bertz CT molecular complexity index is 315. The molecule has 0 aliphatic carbocycles. The van der Waals surface area contributed by atoms with Gasteiger partial charge in [-0.15, -0.1) is 0 Å². The molecule has 0 amide bonds. The van der Waals surface area contributed by atoms with Crippen LogP contribution in [0.3, 0.4) is 0 Å². The lowest BCUT2D eigenvalue weighted by atomic mass is 10.0. The summed E-state index contributed by atoms with van der Waals surface area (Å²) in [5.74, 6) is 0.576. The van der Waals surface area contributed by atoms with E-state index in [0.29, 0.717) is 12.3 Å². The first-order chi connectivity index (χ1) is 8.41. The van der Waals surface area contributed by atoms with Gasteiger partial charge in [-0.1, -0.05) is 58.0 Å². The molecule has 1 aromatic carbocycles. The van der Waals surface area contributed by atoms with Gasteiger partial charge in [-0.05, 0) is 30.2 Å². The zero-order valence-electron chi connectivity index (χ0n) is 12.0. The van der Waals surface area contributed by atoms with E-state index in [9.17, 15) is 4.79 Å². The average Bonchev–Trinajstić information content (AvgIpc) is 2.28. The minimum Gasteiger partial charge on any atom is -0.481 e. The summed E-state index contributed by atoms with van der Waals surface area (Å²) in [5.41, 5.74) is 1.44. The third-order valence-corrected chi connectivity index (χ3v) is 2.42. The number of rotatable bonds is 5. The van der Waals surface area contributed by atoms with E-state index < -0.39 is 5.97 Å². The Morgan fingerprint density at radius 1 is 1.06 bits per heavy atom. The Hall–Kier alpha value is -1.31. The van der Waals surface area contributed by atoms with Crippen molar-refractivity contribution in [1.82, 2.24) is 0 Å². The van der Waals surface area contributed by atoms with E-state index in [1.807, 2.05) is 13.8 Å². The molecular weight excluding hydrogens is 224 g/mol. The van der Waals surface area contributed by atoms with Gasteiger partial charge in [-0.2, -0.15) is 0 Å². The van der Waals surface area contributed by atoms with Crippen LogP contribution in [0.25, 0.3) is 0 Å². The number of aliphatic carboxylic acids is 1. The van der Waals surface area contributed by atoms with Crippen LogP contribution in [0.2, 0.25) is 0 Å². The van der Waals surface area contributed by atoms with Crippen molar-refractivity contribution in [2.45, 2.75) is 47.0 Å². The van der Waals surface area contributed by atoms with Gasteiger partial charge in [0.15, 0.2) is 0 Å². The second kappa shape index (κ2) is 9.69. The summed E-state index contributed by atoms with van der Waals surface area (Å²) in [4.78, 5) is 9.90. The van der Waals surface area contributed by atoms with Crippen molar-refractivity contribution in [3.05, 3.63) is 35.9 Å². The molecule has 0 aliphatic heterocycles. The number of carbonyl (C=O) groups is 1. The molecule has 18 heavy (non-hydrogen) atoms. The van der Waals surface area contributed by atoms with Gasteiger partial charge in [0.1, 0.15) is 0 Å². The molecular formula is C16H26O2. The molecule has 0 saturated carbocycles. The van der Waals surface area contributed by atoms with Gasteiger partial charge < -0.3 is 5.11 Å². The molecule has 0 aromatic heterocycles. The van der Waals surface area contributed by atoms with E-state index in [1.165, 1.54) is 12.0 Å². The lowest BCUT2D eigenvalue weighted by molar-refractivity contribution is -0.137. The van der Waals surface area contributed by atoms with Gasteiger partial charge in [-0.3, -0.25) is 4.79 Å². The van der Waals surface area contributed by atoms with E-state index in [-0.39, 0.29) is 0 Å². The zero-order chi connectivity index (χ0) is 14.0. The summed E-state index contributed by atoms with van der Waals surface area (Å²) in [5, 5.41) is 8.16. The molecule has 1 N–H and O–H groups in total. The van der Waals surface area contributed by atoms with Gasteiger partial charge >= 0.3 is 5.97 Å². The summed E-state index contributed by atoms with van der Waals surface area (Å²) in [6.07, 6.45) is 2.29. The number of carboxylic acids is 1. The molecule has 0 saturated heterocycles. The van der Waals surface area contributed by atoms with Gasteiger partial charge in [-0.25, -0.2) is 0 Å². The third-order valence-electron chi connectivity index (χ3n) is 2.42. The van der Waals surface area contributed by atoms with Gasteiger partial charge in [0.25, 0.3) is 0 Å². The van der Waals surface area contributed by atoms with Crippen LogP contribution in [-0.2, 0) is 11.2 Å². The molecule has 0 fully saturated rings. The van der Waals surface area contributed by atoms with Crippen LogP contribution in [-0.4, -0.2) is 11.1 Å². The second-order valence-electron chi connectivity index (χ2n) is 5.41. The lowest BCUT2D eigenvalue weighted by Gasteiger charge is -2.02. The Labute approximate surface area is 111 Å². The summed E-state index contributed by atoms with van der Waals surface area (Å²) in [7, 11) is 0.